The number of ether oxygens (including phenoxy) is 1. The highest BCUT2D eigenvalue weighted by Crippen LogP contribution is 2.18. The van der Waals surface area contributed by atoms with Crippen LogP contribution in [0.4, 0.5) is 0 Å². The van der Waals surface area contributed by atoms with E-state index in [0.717, 1.165) is 13.2 Å². The highest BCUT2D eigenvalue weighted by molar-refractivity contribution is 4.91. The second kappa shape index (κ2) is 5.83. The molecule has 1 N–H and O–H groups in total. The lowest BCUT2D eigenvalue weighted by atomic mass is 9.97. The first kappa shape index (κ1) is 12.9. The van der Waals surface area contributed by atoms with E-state index in [1.807, 2.05) is 0 Å². The maximum Gasteiger partial charge on any atom is 0.0462 e. The summed E-state index contributed by atoms with van der Waals surface area (Å²) in [4.78, 5) is 2.60. The second-order valence-electron chi connectivity index (χ2n) is 5.24. The Morgan fingerprint density at radius 2 is 2.13 bits per heavy atom. The standard InChI is InChI=1S/C12H26N2O/c1-11-9-14(7-5-6-8-15-4)12(2,3)10-13-11/h11,13H,5-10H2,1-4H3. The van der Waals surface area contributed by atoms with Crippen LogP contribution in [0, 0.1) is 0 Å². The minimum atomic E-state index is 0.305. The molecule has 0 saturated carbocycles. The Bertz CT molecular complexity index is 182. The number of rotatable bonds is 5. The molecule has 0 radical (unpaired) electrons. The minimum Gasteiger partial charge on any atom is -0.385 e. The van der Waals surface area contributed by atoms with Crippen molar-refractivity contribution in [3.05, 3.63) is 0 Å². The lowest BCUT2D eigenvalue weighted by molar-refractivity contribution is 0.0659. The predicted octanol–water partition coefficient (Wildman–Crippen LogP) is 1.49. The van der Waals surface area contributed by atoms with Crippen molar-refractivity contribution < 1.29 is 4.74 Å². The van der Waals surface area contributed by atoms with Crippen LogP contribution in [0.5, 0.6) is 0 Å². The van der Waals surface area contributed by atoms with Gasteiger partial charge in [0.05, 0.1) is 0 Å². The lowest BCUT2D eigenvalue weighted by Gasteiger charge is -2.45. The Morgan fingerprint density at radius 1 is 1.40 bits per heavy atom. The number of nitrogens with zero attached hydrogens (tertiary/aromatic N) is 1. The van der Waals surface area contributed by atoms with Gasteiger partial charge in [-0.3, -0.25) is 4.90 Å². The normalized spacial score (nSPS) is 26.8. The highest BCUT2D eigenvalue weighted by Gasteiger charge is 2.31. The number of methoxy groups -OCH3 is 1. The maximum absolute atomic E-state index is 5.07. The molecule has 0 aromatic rings. The molecule has 90 valence electrons. The lowest BCUT2D eigenvalue weighted by Crippen LogP contribution is -2.61. The second-order valence-corrected chi connectivity index (χ2v) is 5.24. The summed E-state index contributed by atoms with van der Waals surface area (Å²) in [5.41, 5.74) is 0.305. The molecule has 0 bridgehead atoms. The maximum atomic E-state index is 5.07. The van der Waals surface area contributed by atoms with Gasteiger partial charge in [-0.2, -0.15) is 0 Å². The van der Waals surface area contributed by atoms with Crippen molar-refractivity contribution in [2.24, 2.45) is 0 Å². The Morgan fingerprint density at radius 3 is 2.80 bits per heavy atom. The van der Waals surface area contributed by atoms with E-state index in [4.69, 9.17) is 4.74 Å². The molecule has 0 aromatic carbocycles. The van der Waals surface area contributed by atoms with Crippen molar-refractivity contribution in [3.63, 3.8) is 0 Å². The number of unbranched alkanes of at least 4 members (excludes halogenated alkanes) is 1. The van der Waals surface area contributed by atoms with E-state index in [1.165, 1.54) is 25.9 Å². The summed E-state index contributed by atoms with van der Waals surface area (Å²) in [6.45, 7) is 11.3. The van der Waals surface area contributed by atoms with Crippen molar-refractivity contribution in [2.75, 3.05) is 33.4 Å². The van der Waals surface area contributed by atoms with E-state index < -0.39 is 0 Å². The molecule has 0 aliphatic carbocycles. The number of hydrogen-bond donors (Lipinski definition) is 1. The van der Waals surface area contributed by atoms with Crippen LogP contribution in [0.25, 0.3) is 0 Å². The monoisotopic (exact) mass is 214 g/mol. The van der Waals surface area contributed by atoms with Gasteiger partial charge < -0.3 is 10.1 Å². The van der Waals surface area contributed by atoms with Crippen molar-refractivity contribution in [1.29, 1.82) is 0 Å². The molecular weight excluding hydrogens is 188 g/mol. The van der Waals surface area contributed by atoms with Crippen LogP contribution < -0.4 is 5.32 Å². The van der Waals surface area contributed by atoms with E-state index in [0.29, 0.717) is 11.6 Å². The third-order valence-electron chi connectivity index (χ3n) is 3.26. The Hall–Kier alpha value is -0.120. The van der Waals surface area contributed by atoms with Gasteiger partial charge in [-0.1, -0.05) is 0 Å². The van der Waals surface area contributed by atoms with Gasteiger partial charge in [-0.25, -0.2) is 0 Å². The summed E-state index contributed by atoms with van der Waals surface area (Å²) in [5.74, 6) is 0. The average molecular weight is 214 g/mol. The molecule has 0 amide bonds. The van der Waals surface area contributed by atoms with Crippen LogP contribution in [0.1, 0.15) is 33.6 Å². The minimum absolute atomic E-state index is 0.305. The van der Waals surface area contributed by atoms with E-state index in [-0.39, 0.29) is 0 Å². The molecule has 1 heterocycles. The first-order valence-corrected chi connectivity index (χ1v) is 6.03. The van der Waals surface area contributed by atoms with Crippen LogP contribution >= 0.6 is 0 Å². The SMILES string of the molecule is COCCCCN1CC(C)NCC1(C)C. The molecule has 1 saturated heterocycles. The topological polar surface area (TPSA) is 24.5 Å². The largest absolute Gasteiger partial charge is 0.385 e. The molecule has 3 heteroatoms. The van der Waals surface area contributed by atoms with Gasteiger partial charge in [-0.15, -0.1) is 0 Å². The Labute approximate surface area is 94.2 Å². The van der Waals surface area contributed by atoms with Gasteiger partial charge in [0.15, 0.2) is 0 Å². The molecule has 1 aliphatic heterocycles. The van der Waals surface area contributed by atoms with Gasteiger partial charge in [-0.05, 0) is 40.2 Å². The van der Waals surface area contributed by atoms with E-state index in [9.17, 15) is 0 Å². The Kier molecular flexibility index (Phi) is 5.03. The third kappa shape index (κ3) is 4.09. The van der Waals surface area contributed by atoms with Crippen LogP contribution in [0.15, 0.2) is 0 Å². The molecule has 1 unspecified atom stereocenters. The molecule has 1 aliphatic rings. The summed E-state index contributed by atoms with van der Waals surface area (Å²) in [7, 11) is 1.77. The summed E-state index contributed by atoms with van der Waals surface area (Å²) < 4.78 is 5.07. The van der Waals surface area contributed by atoms with Gasteiger partial charge in [0, 0.05) is 38.4 Å². The van der Waals surface area contributed by atoms with E-state index in [1.54, 1.807) is 7.11 Å². The van der Waals surface area contributed by atoms with E-state index >= 15 is 0 Å². The zero-order valence-electron chi connectivity index (χ0n) is 10.7. The zero-order chi connectivity index (χ0) is 11.3. The van der Waals surface area contributed by atoms with Crippen molar-refractivity contribution in [3.8, 4) is 0 Å². The molecular formula is C12H26N2O. The van der Waals surface area contributed by atoms with Crippen molar-refractivity contribution in [1.82, 2.24) is 10.2 Å². The zero-order valence-corrected chi connectivity index (χ0v) is 10.7. The van der Waals surface area contributed by atoms with Gasteiger partial charge in [0.2, 0.25) is 0 Å². The molecule has 3 nitrogen and oxygen atoms in total. The van der Waals surface area contributed by atoms with Gasteiger partial charge in [0.1, 0.15) is 0 Å². The quantitative estimate of drug-likeness (QED) is 0.702. The van der Waals surface area contributed by atoms with Gasteiger partial charge >= 0.3 is 0 Å². The fourth-order valence-corrected chi connectivity index (χ4v) is 2.12. The van der Waals surface area contributed by atoms with Crippen LogP contribution in [-0.2, 0) is 4.74 Å². The summed E-state index contributed by atoms with van der Waals surface area (Å²) in [6, 6.07) is 0.625. The average Bonchev–Trinajstić information content (AvgIpc) is 2.18. The number of piperazine rings is 1. The van der Waals surface area contributed by atoms with Crippen LogP contribution in [0.2, 0.25) is 0 Å². The fraction of sp³-hybridized carbons (Fsp3) is 1.00. The van der Waals surface area contributed by atoms with Crippen LogP contribution in [-0.4, -0.2) is 49.8 Å². The fourth-order valence-electron chi connectivity index (χ4n) is 2.12. The highest BCUT2D eigenvalue weighted by atomic mass is 16.5. The number of hydrogen-bond acceptors (Lipinski definition) is 3. The molecule has 15 heavy (non-hydrogen) atoms. The van der Waals surface area contributed by atoms with Crippen LogP contribution in [0.3, 0.4) is 0 Å². The van der Waals surface area contributed by atoms with Crippen molar-refractivity contribution in [2.45, 2.75) is 45.2 Å². The first-order valence-electron chi connectivity index (χ1n) is 6.03. The summed E-state index contributed by atoms with van der Waals surface area (Å²) in [5, 5.41) is 3.54. The molecule has 1 atom stereocenters. The third-order valence-corrected chi connectivity index (χ3v) is 3.26. The molecule has 0 spiro atoms. The number of nitrogens with one attached hydrogen (secondary N) is 1. The molecule has 0 aromatic heterocycles. The predicted molar refractivity (Wildman–Crippen MR) is 64.2 cm³/mol. The summed E-state index contributed by atoms with van der Waals surface area (Å²) >= 11 is 0. The molecule has 1 fully saturated rings. The first-order chi connectivity index (χ1) is 7.06. The van der Waals surface area contributed by atoms with Gasteiger partial charge in [0.25, 0.3) is 0 Å². The molecule has 1 rings (SSSR count). The Balaban J connectivity index is 2.30. The van der Waals surface area contributed by atoms with E-state index in [2.05, 4.69) is 31.0 Å². The van der Waals surface area contributed by atoms with Crippen molar-refractivity contribution >= 4 is 0 Å². The smallest absolute Gasteiger partial charge is 0.0462 e. The summed E-state index contributed by atoms with van der Waals surface area (Å²) in [6.07, 6.45) is 2.41.